The van der Waals surface area contributed by atoms with Crippen molar-refractivity contribution in [2.75, 3.05) is 32.8 Å². The molecule has 2 aromatic rings. The first kappa shape index (κ1) is 29.7. The van der Waals surface area contributed by atoms with E-state index in [0.717, 1.165) is 45.3 Å². The van der Waals surface area contributed by atoms with Crippen LogP contribution < -0.4 is 15.4 Å². The van der Waals surface area contributed by atoms with Crippen molar-refractivity contribution < 1.29 is 18.7 Å². The van der Waals surface area contributed by atoms with Crippen LogP contribution in [0.4, 0.5) is 4.39 Å². The van der Waals surface area contributed by atoms with Gasteiger partial charge < -0.3 is 15.0 Å². The van der Waals surface area contributed by atoms with Crippen LogP contribution in [0.2, 0.25) is 0 Å². The standard InChI is InChI=1S/C32H41FN4O3/c1-3-32(33,4-2)22-37-17-14-23(15-18-37)21-40-25-12-13-26(24(19-25)20-34)27-9-5-6-10-28(27)30(38)36-31(39)29-11-7-8-16-35-29/h5-6,9-10,12-13,19,23,29,35H,3-4,7-8,11,14-18,21-22H2,1-2H3,(H,36,38,39)/t29-/m1/s1. The number of likely N-dealkylation sites (tertiary alicyclic amines) is 1. The maximum absolute atomic E-state index is 14.8. The summed E-state index contributed by atoms with van der Waals surface area (Å²) in [6.07, 6.45) is 5.65. The second-order valence-electron chi connectivity index (χ2n) is 11.1. The second-order valence-corrected chi connectivity index (χ2v) is 11.1. The third-order valence-corrected chi connectivity index (χ3v) is 8.40. The van der Waals surface area contributed by atoms with Gasteiger partial charge in [0, 0.05) is 17.7 Å². The molecule has 0 bridgehead atoms. The molecule has 0 saturated carbocycles. The molecule has 0 aromatic heterocycles. The van der Waals surface area contributed by atoms with Crippen LogP contribution in [0.3, 0.4) is 0 Å². The van der Waals surface area contributed by atoms with Crippen molar-refractivity contribution >= 4 is 11.8 Å². The largest absolute Gasteiger partial charge is 0.493 e. The Hall–Kier alpha value is -3.28. The summed E-state index contributed by atoms with van der Waals surface area (Å²) in [4.78, 5) is 27.9. The summed E-state index contributed by atoms with van der Waals surface area (Å²) in [6.45, 7) is 7.34. The van der Waals surface area contributed by atoms with Crippen LogP contribution in [0.15, 0.2) is 42.5 Å². The van der Waals surface area contributed by atoms with Gasteiger partial charge in [0.05, 0.1) is 24.3 Å². The number of alkyl halides is 1. The zero-order valence-electron chi connectivity index (χ0n) is 23.7. The highest BCUT2D eigenvalue weighted by Crippen LogP contribution is 2.31. The van der Waals surface area contributed by atoms with Gasteiger partial charge in [0.2, 0.25) is 5.91 Å². The lowest BCUT2D eigenvalue weighted by molar-refractivity contribution is -0.122. The molecule has 2 saturated heterocycles. The molecule has 1 atom stereocenters. The van der Waals surface area contributed by atoms with Gasteiger partial charge in [-0.3, -0.25) is 14.9 Å². The number of halogens is 1. The van der Waals surface area contributed by atoms with E-state index in [0.29, 0.717) is 66.3 Å². The highest BCUT2D eigenvalue weighted by atomic mass is 19.1. The summed E-state index contributed by atoms with van der Waals surface area (Å²) < 4.78 is 20.9. The van der Waals surface area contributed by atoms with E-state index in [-0.39, 0.29) is 11.9 Å². The molecule has 2 heterocycles. The Morgan fingerprint density at radius 3 is 2.52 bits per heavy atom. The predicted octanol–water partition coefficient (Wildman–Crippen LogP) is 5.24. The van der Waals surface area contributed by atoms with Gasteiger partial charge >= 0.3 is 0 Å². The van der Waals surface area contributed by atoms with Gasteiger partial charge in [-0.05, 0) is 93.9 Å². The number of rotatable bonds is 10. The van der Waals surface area contributed by atoms with E-state index in [9.17, 15) is 19.2 Å². The third kappa shape index (κ3) is 7.47. The fourth-order valence-electron chi connectivity index (χ4n) is 5.60. The predicted molar refractivity (Wildman–Crippen MR) is 154 cm³/mol. The van der Waals surface area contributed by atoms with E-state index in [1.807, 2.05) is 26.0 Å². The quantitative estimate of drug-likeness (QED) is 0.394. The van der Waals surface area contributed by atoms with E-state index in [2.05, 4.69) is 21.6 Å². The van der Waals surface area contributed by atoms with Crippen LogP contribution in [0, 0.1) is 17.2 Å². The summed E-state index contributed by atoms with van der Waals surface area (Å²) in [5.74, 6) is 0.169. The molecule has 214 valence electrons. The number of nitrogens with zero attached hydrogens (tertiary/aromatic N) is 2. The lowest BCUT2D eigenvalue weighted by atomic mass is 9.94. The topological polar surface area (TPSA) is 94.5 Å². The molecule has 0 radical (unpaired) electrons. The van der Waals surface area contributed by atoms with Crippen LogP contribution in [-0.2, 0) is 4.79 Å². The first-order chi connectivity index (χ1) is 19.4. The number of hydrogen-bond acceptors (Lipinski definition) is 6. The third-order valence-electron chi connectivity index (χ3n) is 8.40. The van der Waals surface area contributed by atoms with Crippen molar-refractivity contribution in [2.45, 2.75) is 70.5 Å². The SMILES string of the molecule is CCC(F)(CC)CN1CCC(COc2ccc(-c3ccccc3C(=O)NC(=O)[C@H]3CCCCN3)c(C#N)c2)CC1. The summed E-state index contributed by atoms with van der Waals surface area (Å²) >= 11 is 0. The lowest BCUT2D eigenvalue weighted by Crippen LogP contribution is -2.48. The van der Waals surface area contributed by atoms with Gasteiger partial charge in [-0.2, -0.15) is 5.26 Å². The number of imide groups is 1. The van der Waals surface area contributed by atoms with E-state index < -0.39 is 11.6 Å². The molecule has 0 unspecified atom stereocenters. The average Bonchev–Trinajstić information content (AvgIpc) is 3.00. The number of ether oxygens (including phenoxy) is 1. The Bertz CT molecular complexity index is 1210. The van der Waals surface area contributed by atoms with Crippen molar-refractivity contribution in [1.82, 2.24) is 15.5 Å². The molecule has 2 aromatic carbocycles. The number of hydrogen-bond donors (Lipinski definition) is 2. The molecular weight excluding hydrogens is 507 g/mol. The van der Waals surface area contributed by atoms with Crippen molar-refractivity contribution in [1.29, 1.82) is 5.26 Å². The maximum atomic E-state index is 14.8. The molecule has 4 rings (SSSR count). The van der Waals surface area contributed by atoms with E-state index >= 15 is 0 Å². The zero-order chi connectivity index (χ0) is 28.5. The molecule has 0 spiro atoms. The minimum atomic E-state index is -1.11. The number of nitriles is 1. The molecule has 8 heteroatoms. The molecule has 2 amide bonds. The van der Waals surface area contributed by atoms with E-state index in [4.69, 9.17) is 4.74 Å². The highest BCUT2D eigenvalue weighted by Gasteiger charge is 2.30. The summed E-state index contributed by atoms with van der Waals surface area (Å²) in [5.41, 5.74) is 0.820. The molecule has 2 N–H and O–H groups in total. The van der Waals surface area contributed by atoms with Gasteiger partial charge in [-0.25, -0.2) is 4.39 Å². The number of nitrogens with one attached hydrogen (secondary N) is 2. The van der Waals surface area contributed by atoms with E-state index in [1.54, 1.807) is 30.3 Å². The van der Waals surface area contributed by atoms with Gasteiger partial charge in [-0.1, -0.05) is 38.5 Å². The van der Waals surface area contributed by atoms with Gasteiger partial charge in [0.1, 0.15) is 11.4 Å². The molecule has 0 aliphatic carbocycles. The van der Waals surface area contributed by atoms with Crippen molar-refractivity contribution in [2.24, 2.45) is 5.92 Å². The number of benzene rings is 2. The van der Waals surface area contributed by atoms with Crippen molar-refractivity contribution in [3.05, 3.63) is 53.6 Å². The fraction of sp³-hybridized carbons (Fsp3) is 0.531. The first-order valence-corrected chi connectivity index (χ1v) is 14.6. The zero-order valence-corrected chi connectivity index (χ0v) is 23.7. The Morgan fingerprint density at radius 2 is 1.85 bits per heavy atom. The van der Waals surface area contributed by atoms with Crippen molar-refractivity contribution in [3.63, 3.8) is 0 Å². The molecule has 7 nitrogen and oxygen atoms in total. The monoisotopic (exact) mass is 548 g/mol. The van der Waals surface area contributed by atoms with Crippen LogP contribution in [0.25, 0.3) is 11.1 Å². The Labute approximate surface area is 237 Å². The van der Waals surface area contributed by atoms with Gasteiger partial charge in [0.25, 0.3) is 5.91 Å². The fourth-order valence-corrected chi connectivity index (χ4v) is 5.60. The first-order valence-electron chi connectivity index (χ1n) is 14.6. The van der Waals surface area contributed by atoms with Crippen LogP contribution in [0.5, 0.6) is 5.75 Å². The average molecular weight is 549 g/mol. The minimum absolute atomic E-state index is 0.325. The molecule has 2 fully saturated rings. The minimum Gasteiger partial charge on any atom is -0.493 e. The Balaban J connectivity index is 1.38. The van der Waals surface area contributed by atoms with Gasteiger partial charge in [-0.15, -0.1) is 0 Å². The molecule has 2 aliphatic heterocycles. The highest BCUT2D eigenvalue weighted by molar-refractivity contribution is 6.09. The number of piperidine rings is 2. The Morgan fingerprint density at radius 1 is 1.10 bits per heavy atom. The second kappa shape index (κ2) is 13.9. The maximum Gasteiger partial charge on any atom is 0.258 e. The van der Waals surface area contributed by atoms with Crippen LogP contribution in [0.1, 0.15) is 74.7 Å². The molecule has 2 aliphatic rings. The van der Waals surface area contributed by atoms with Gasteiger partial charge in [0.15, 0.2) is 0 Å². The van der Waals surface area contributed by atoms with Crippen LogP contribution >= 0.6 is 0 Å². The van der Waals surface area contributed by atoms with Crippen molar-refractivity contribution in [3.8, 4) is 22.9 Å². The lowest BCUT2D eigenvalue weighted by Gasteiger charge is -2.36. The smallest absolute Gasteiger partial charge is 0.258 e. The molecular formula is C32H41FN4O3. The summed E-state index contributed by atoms with van der Waals surface area (Å²) in [6, 6.07) is 14.2. The number of carbonyl (C=O) groups excluding carboxylic acids is 2. The number of carbonyl (C=O) groups is 2. The molecule has 40 heavy (non-hydrogen) atoms. The summed E-state index contributed by atoms with van der Waals surface area (Å²) in [5, 5.41) is 15.6. The number of amides is 2. The normalized spacial score (nSPS) is 18.6. The van der Waals surface area contributed by atoms with Crippen LogP contribution in [-0.4, -0.2) is 61.2 Å². The Kier molecular flexibility index (Phi) is 10.3. The van der Waals surface area contributed by atoms with E-state index in [1.165, 1.54) is 0 Å². The summed E-state index contributed by atoms with van der Waals surface area (Å²) in [7, 11) is 0.